The molecule has 0 spiro atoms. The lowest BCUT2D eigenvalue weighted by Crippen LogP contribution is -2.24. The Morgan fingerprint density at radius 1 is 1.35 bits per heavy atom. The highest BCUT2D eigenvalue weighted by molar-refractivity contribution is 5.72. The van der Waals surface area contributed by atoms with E-state index in [1.165, 1.54) is 29.6 Å². The van der Waals surface area contributed by atoms with Crippen LogP contribution in [0, 0.1) is 5.92 Å². The molecule has 0 saturated carbocycles. The van der Waals surface area contributed by atoms with Crippen molar-refractivity contribution in [2.45, 2.75) is 19.8 Å². The van der Waals surface area contributed by atoms with E-state index in [1.807, 2.05) is 6.07 Å². The van der Waals surface area contributed by atoms with Gasteiger partial charge in [0.05, 0.1) is 7.11 Å². The van der Waals surface area contributed by atoms with Crippen LogP contribution in [0.15, 0.2) is 42.0 Å². The molecule has 0 bridgehead atoms. The molecule has 1 atom stereocenters. The van der Waals surface area contributed by atoms with E-state index >= 15 is 0 Å². The third kappa shape index (κ3) is 3.51. The molecule has 1 aliphatic carbocycles. The van der Waals surface area contributed by atoms with Gasteiger partial charge in [-0.15, -0.1) is 0 Å². The van der Waals surface area contributed by atoms with E-state index in [1.54, 1.807) is 7.11 Å². The number of rotatable bonds is 4. The van der Waals surface area contributed by atoms with Crippen molar-refractivity contribution in [1.29, 1.82) is 0 Å². The largest absolute Gasteiger partial charge is 0.497 e. The van der Waals surface area contributed by atoms with Crippen molar-refractivity contribution in [2.24, 2.45) is 5.92 Å². The van der Waals surface area contributed by atoms with Crippen LogP contribution in [0.25, 0.3) is 5.57 Å². The highest BCUT2D eigenvalue weighted by Crippen LogP contribution is 2.36. The molecule has 0 fully saturated rings. The van der Waals surface area contributed by atoms with E-state index in [0.717, 1.165) is 12.3 Å². The fourth-order valence-corrected chi connectivity index (χ4v) is 2.87. The molecule has 1 aliphatic rings. The fraction of sp³-hybridized carbons (Fsp3) is 0.444. The summed E-state index contributed by atoms with van der Waals surface area (Å²) in [5.74, 6) is 1.53. The Labute approximate surface area is 122 Å². The van der Waals surface area contributed by atoms with Crippen LogP contribution >= 0.6 is 0 Å². The fourth-order valence-electron chi connectivity index (χ4n) is 2.87. The second kappa shape index (κ2) is 6.76. The van der Waals surface area contributed by atoms with Crippen molar-refractivity contribution in [2.75, 3.05) is 27.7 Å². The number of allylic oxidation sites excluding steroid dienone is 3. The zero-order chi connectivity index (χ0) is 14.5. The van der Waals surface area contributed by atoms with Crippen LogP contribution in [0.3, 0.4) is 0 Å². The van der Waals surface area contributed by atoms with Gasteiger partial charge < -0.3 is 9.64 Å². The van der Waals surface area contributed by atoms with Gasteiger partial charge in [-0.2, -0.15) is 0 Å². The zero-order valence-corrected chi connectivity index (χ0v) is 13.0. The Balaban J connectivity index is 2.37. The van der Waals surface area contributed by atoms with Crippen LogP contribution < -0.4 is 4.74 Å². The van der Waals surface area contributed by atoms with Gasteiger partial charge in [0, 0.05) is 6.54 Å². The quantitative estimate of drug-likeness (QED) is 0.821. The normalized spacial score (nSPS) is 21.1. The molecule has 0 heterocycles. The summed E-state index contributed by atoms with van der Waals surface area (Å²) in [6.07, 6.45) is 7.00. The minimum absolute atomic E-state index is 0.598. The van der Waals surface area contributed by atoms with E-state index in [0.29, 0.717) is 5.92 Å². The standard InChI is InChI=1S/C18H25NO/c1-5-14-9-10-16(13-19(2)3)18(11-14)15-7-6-8-17(12-15)20-4/h5-8,11-12,16H,9-10,13H2,1-4H3. The molecule has 0 radical (unpaired) electrons. The average molecular weight is 271 g/mol. The zero-order valence-electron chi connectivity index (χ0n) is 13.0. The topological polar surface area (TPSA) is 12.5 Å². The predicted octanol–water partition coefficient (Wildman–Crippen LogP) is 4.00. The van der Waals surface area contributed by atoms with Crippen molar-refractivity contribution < 1.29 is 4.74 Å². The molecule has 0 saturated heterocycles. The lowest BCUT2D eigenvalue weighted by Gasteiger charge is -2.28. The Hall–Kier alpha value is -1.54. The van der Waals surface area contributed by atoms with Crippen molar-refractivity contribution >= 4 is 5.57 Å². The van der Waals surface area contributed by atoms with Gasteiger partial charge in [0.15, 0.2) is 0 Å². The lowest BCUT2D eigenvalue weighted by atomic mass is 9.81. The first-order valence-corrected chi connectivity index (χ1v) is 7.30. The summed E-state index contributed by atoms with van der Waals surface area (Å²) in [5, 5.41) is 0. The molecule has 2 rings (SSSR count). The van der Waals surface area contributed by atoms with Crippen LogP contribution in [-0.2, 0) is 0 Å². The molecule has 108 valence electrons. The van der Waals surface area contributed by atoms with Crippen LogP contribution in [0.4, 0.5) is 0 Å². The monoisotopic (exact) mass is 271 g/mol. The molecule has 1 unspecified atom stereocenters. The number of methoxy groups -OCH3 is 1. The van der Waals surface area contributed by atoms with Crippen LogP contribution in [-0.4, -0.2) is 32.6 Å². The molecule has 1 aromatic rings. The maximum Gasteiger partial charge on any atom is 0.119 e. The second-order valence-corrected chi connectivity index (χ2v) is 5.69. The first-order chi connectivity index (χ1) is 9.63. The van der Waals surface area contributed by atoms with Crippen LogP contribution in [0.5, 0.6) is 5.75 Å². The molecule has 0 N–H and O–H groups in total. The molecule has 2 heteroatoms. The third-order valence-electron chi connectivity index (χ3n) is 3.92. The summed E-state index contributed by atoms with van der Waals surface area (Å²) in [7, 11) is 6.02. The van der Waals surface area contributed by atoms with E-state index in [2.05, 4.69) is 56.3 Å². The third-order valence-corrected chi connectivity index (χ3v) is 3.92. The predicted molar refractivity (Wildman–Crippen MR) is 86.0 cm³/mol. The average Bonchev–Trinajstić information content (AvgIpc) is 2.47. The van der Waals surface area contributed by atoms with Gasteiger partial charge in [0.2, 0.25) is 0 Å². The summed E-state index contributed by atoms with van der Waals surface area (Å²) in [4.78, 5) is 2.28. The SMILES string of the molecule is CC=C1C=C(c2cccc(OC)c2)C(CN(C)C)CC1. The number of hydrogen-bond donors (Lipinski definition) is 0. The molecule has 0 aromatic heterocycles. The Bertz CT molecular complexity index is 514. The van der Waals surface area contributed by atoms with Crippen molar-refractivity contribution in [3.8, 4) is 5.75 Å². The minimum Gasteiger partial charge on any atom is -0.497 e. The minimum atomic E-state index is 0.598. The number of ether oxygens (including phenoxy) is 1. The number of nitrogens with zero attached hydrogens (tertiary/aromatic N) is 1. The van der Waals surface area contributed by atoms with Gasteiger partial charge in [0.25, 0.3) is 0 Å². The van der Waals surface area contributed by atoms with Gasteiger partial charge in [-0.05, 0) is 63.0 Å². The number of benzene rings is 1. The number of hydrogen-bond acceptors (Lipinski definition) is 2. The Morgan fingerprint density at radius 3 is 2.80 bits per heavy atom. The first-order valence-electron chi connectivity index (χ1n) is 7.30. The summed E-state index contributed by atoms with van der Waals surface area (Å²) in [6.45, 7) is 3.22. The van der Waals surface area contributed by atoms with E-state index in [-0.39, 0.29) is 0 Å². The van der Waals surface area contributed by atoms with Gasteiger partial charge in [-0.1, -0.05) is 29.9 Å². The van der Waals surface area contributed by atoms with Crippen LogP contribution in [0.1, 0.15) is 25.3 Å². The summed E-state index contributed by atoms with van der Waals surface area (Å²) in [6, 6.07) is 8.42. The van der Waals surface area contributed by atoms with E-state index < -0.39 is 0 Å². The van der Waals surface area contributed by atoms with E-state index in [9.17, 15) is 0 Å². The van der Waals surface area contributed by atoms with Crippen LogP contribution in [0.2, 0.25) is 0 Å². The molecular formula is C18H25NO. The maximum absolute atomic E-state index is 5.36. The summed E-state index contributed by atoms with van der Waals surface area (Å²) < 4.78 is 5.36. The Kier molecular flexibility index (Phi) is 5.02. The van der Waals surface area contributed by atoms with Crippen molar-refractivity contribution in [3.63, 3.8) is 0 Å². The Morgan fingerprint density at radius 2 is 2.15 bits per heavy atom. The lowest BCUT2D eigenvalue weighted by molar-refractivity contribution is 0.352. The van der Waals surface area contributed by atoms with Gasteiger partial charge in [0.1, 0.15) is 5.75 Å². The van der Waals surface area contributed by atoms with Crippen molar-refractivity contribution in [3.05, 3.63) is 47.6 Å². The molecule has 1 aromatic carbocycles. The molecule has 0 amide bonds. The maximum atomic E-state index is 5.36. The molecule has 0 aliphatic heterocycles. The van der Waals surface area contributed by atoms with Gasteiger partial charge in [-0.25, -0.2) is 0 Å². The highest BCUT2D eigenvalue weighted by atomic mass is 16.5. The molecule has 2 nitrogen and oxygen atoms in total. The van der Waals surface area contributed by atoms with Gasteiger partial charge in [-0.3, -0.25) is 0 Å². The summed E-state index contributed by atoms with van der Waals surface area (Å²) in [5.41, 5.74) is 4.17. The molecule has 20 heavy (non-hydrogen) atoms. The van der Waals surface area contributed by atoms with E-state index in [4.69, 9.17) is 4.74 Å². The first kappa shape index (κ1) is 14.9. The van der Waals surface area contributed by atoms with Gasteiger partial charge >= 0.3 is 0 Å². The summed E-state index contributed by atoms with van der Waals surface area (Å²) >= 11 is 0. The second-order valence-electron chi connectivity index (χ2n) is 5.69. The smallest absolute Gasteiger partial charge is 0.119 e. The molecular weight excluding hydrogens is 246 g/mol. The highest BCUT2D eigenvalue weighted by Gasteiger charge is 2.21. The van der Waals surface area contributed by atoms with Crippen molar-refractivity contribution in [1.82, 2.24) is 4.90 Å².